The van der Waals surface area contributed by atoms with E-state index in [0.29, 0.717) is 6.42 Å². The number of aryl methyl sites for hydroxylation is 1. The first kappa shape index (κ1) is 21.8. The highest BCUT2D eigenvalue weighted by Gasteiger charge is 2.31. The van der Waals surface area contributed by atoms with Gasteiger partial charge in [0.15, 0.2) is 0 Å². The van der Waals surface area contributed by atoms with Crippen molar-refractivity contribution >= 4 is 22.5 Å². The number of aromatic nitrogens is 1. The van der Waals surface area contributed by atoms with Crippen LogP contribution in [0.5, 0.6) is 11.5 Å². The van der Waals surface area contributed by atoms with Crippen molar-refractivity contribution in [2.24, 2.45) is 0 Å². The number of hydrogen-bond donors (Lipinski definition) is 3. The first-order valence-electron chi connectivity index (χ1n) is 9.66. The molecule has 0 atom stereocenters. The van der Waals surface area contributed by atoms with E-state index < -0.39 is 17.3 Å². The highest BCUT2D eigenvalue weighted by molar-refractivity contribution is 6.31. The van der Waals surface area contributed by atoms with Gasteiger partial charge in [-0.3, -0.25) is 4.79 Å². The number of phenolic OH excluding ortho intramolecular Hbond substituents is 2. The van der Waals surface area contributed by atoms with Crippen LogP contribution in [0.1, 0.15) is 16.7 Å². The molecule has 0 saturated carbocycles. The molecule has 3 N–H and O–H groups in total. The van der Waals surface area contributed by atoms with Crippen molar-refractivity contribution in [1.29, 1.82) is 0 Å². The molecule has 0 aliphatic carbocycles. The average molecular weight is 460 g/mol. The summed E-state index contributed by atoms with van der Waals surface area (Å²) >= 11 is 6.10. The van der Waals surface area contributed by atoms with Crippen LogP contribution in [0.15, 0.2) is 65.5 Å². The van der Waals surface area contributed by atoms with E-state index in [9.17, 15) is 28.2 Å². The summed E-state index contributed by atoms with van der Waals surface area (Å²) in [7, 11) is 0. The van der Waals surface area contributed by atoms with Gasteiger partial charge in [-0.15, -0.1) is 0 Å². The van der Waals surface area contributed by atoms with E-state index in [1.54, 1.807) is 12.1 Å². The highest BCUT2D eigenvalue weighted by Crippen LogP contribution is 2.39. The molecule has 4 nitrogen and oxygen atoms in total. The molecule has 3 aromatic carbocycles. The van der Waals surface area contributed by atoms with Gasteiger partial charge in [0.05, 0.1) is 5.56 Å². The molecule has 1 heterocycles. The van der Waals surface area contributed by atoms with Crippen molar-refractivity contribution in [2.75, 3.05) is 0 Å². The van der Waals surface area contributed by atoms with E-state index >= 15 is 0 Å². The molecule has 0 saturated heterocycles. The second-order valence-electron chi connectivity index (χ2n) is 7.39. The normalized spacial score (nSPS) is 11.8. The fraction of sp³-hybridized carbons (Fsp3) is 0.125. The number of H-pyrrole nitrogens is 1. The number of rotatable bonds is 4. The van der Waals surface area contributed by atoms with Crippen molar-refractivity contribution in [3.8, 4) is 22.6 Å². The molecule has 4 rings (SSSR count). The molecule has 0 radical (unpaired) electrons. The Kier molecular flexibility index (Phi) is 5.60. The van der Waals surface area contributed by atoms with Crippen molar-refractivity contribution in [2.45, 2.75) is 19.0 Å². The lowest BCUT2D eigenvalue weighted by Gasteiger charge is -2.16. The Morgan fingerprint density at radius 2 is 1.62 bits per heavy atom. The molecule has 8 heteroatoms. The van der Waals surface area contributed by atoms with Gasteiger partial charge < -0.3 is 15.2 Å². The first-order valence-corrected chi connectivity index (χ1v) is 10.0. The smallest absolute Gasteiger partial charge is 0.416 e. The Bertz CT molecular complexity index is 1360. The Morgan fingerprint density at radius 3 is 2.31 bits per heavy atom. The molecular weight excluding hydrogens is 443 g/mol. The van der Waals surface area contributed by atoms with Crippen molar-refractivity contribution in [3.05, 3.63) is 92.7 Å². The molecule has 0 aliphatic rings. The van der Waals surface area contributed by atoms with Gasteiger partial charge in [-0.1, -0.05) is 23.7 Å². The Morgan fingerprint density at radius 1 is 0.906 bits per heavy atom. The van der Waals surface area contributed by atoms with Crippen LogP contribution in [0.4, 0.5) is 13.2 Å². The minimum Gasteiger partial charge on any atom is -0.508 e. The van der Waals surface area contributed by atoms with Crippen LogP contribution in [0.2, 0.25) is 5.02 Å². The zero-order chi connectivity index (χ0) is 23.0. The lowest BCUT2D eigenvalue weighted by molar-refractivity contribution is -0.137. The van der Waals surface area contributed by atoms with Crippen LogP contribution in [-0.2, 0) is 19.0 Å². The van der Waals surface area contributed by atoms with Crippen molar-refractivity contribution < 1.29 is 23.4 Å². The van der Waals surface area contributed by atoms with Crippen molar-refractivity contribution in [1.82, 2.24) is 4.98 Å². The predicted molar refractivity (Wildman–Crippen MR) is 117 cm³/mol. The minimum atomic E-state index is -4.58. The molecule has 164 valence electrons. The number of aromatic amines is 1. The summed E-state index contributed by atoms with van der Waals surface area (Å²) in [5, 5.41) is 20.4. The van der Waals surface area contributed by atoms with Gasteiger partial charge in [-0.2, -0.15) is 13.2 Å². The van der Waals surface area contributed by atoms with Gasteiger partial charge in [-0.25, -0.2) is 0 Å². The third-order valence-corrected chi connectivity index (χ3v) is 5.50. The van der Waals surface area contributed by atoms with Gasteiger partial charge in [0.1, 0.15) is 11.5 Å². The summed E-state index contributed by atoms with van der Waals surface area (Å²) < 4.78 is 40.2. The Balaban J connectivity index is 1.96. The molecule has 0 bridgehead atoms. The van der Waals surface area contributed by atoms with Gasteiger partial charge in [0.2, 0.25) is 0 Å². The van der Waals surface area contributed by atoms with E-state index in [4.69, 9.17) is 11.6 Å². The molecule has 0 spiro atoms. The number of halogens is 4. The number of nitrogens with one attached hydrogen (secondary N) is 1. The summed E-state index contributed by atoms with van der Waals surface area (Å²) in [6, 6.07) is 13.7. The fourth-order valence-electron chi connectivity index (χ4n) is 3.70. The second-order valence-corrected chi connectivity index (χ2v) is 7.83. The summed E-state index contributed by atoms with van der Waals surface area (Å²) in [5.74, 6) is -0.105. The molecule has 0 amide bonds. The van der Waals surface area contributed by atoms with Gasteiger partial charge in [0.25, 0.3) is 5.56 Å². The van der Waals surface area contributed by atoms with E-state index in [0.717, 1.165) is 17.7 Å². The number of hydrogen-bond acceptors (Lipinski definition) is 3. The number of aromatic hydroxyl groups is 2. The summed E-state index contributed by atoms with van der Waals surface area (Å²) in [6.07, 6.45) is -4.00. The van der Waals surface area contributed by atoms with Crippen LogP contribution in [0.3, 0.4) is 0 Å². The minimum absolute atomic E-state index is 0.0986. The summed E-state index contributed by atoms with van der Waals surface area (Å²) in [4.78, 5) is 15.6. The van der Waals surface area contributed by atoms with Gasteiger partial charge >= 0.3 is 6.18 Å². The second kappa shape index (κ2) is 8.24. The molecule has 4 aromatic rings. The van der Waals surface area contributed by atoms with Crippen LogP contribution in [0, 0.1) is 0 Å². The van der Waals surface area contributed by atoms with Gasteiger partial charge in [0, 0.05) is 32.6 Å². The number of pyridine rings is 1. The highest BCUT2D eigenvalue weighted by atomic mass is 35.5. The monoisotopic (exact) mass is 459 g/mol. The maximum Gasteiger partial charge on any atom is 0.416 e. The van der Waals surface area contributed by atoms with E-state index in [1.165, 1.54) is 36.4 Å². The topological polar surface area (TPSA) is 73.3 Å². The van der Waals surface area contributed by atoms with E-state index in [2.05, 4.69) is 4.98 Å². The quantitative estimate of drug-likeness (QED) is 0.347. The van der Waals surface area contributed by atoms with Gasteiger partial charge in [-0.05, 0) is 66.9 Å². The zero-order valence-electron chi connectivity index (χ0n) is 16.5. The predicted octanol–water partition coefficient (Wildman–Crippen LogP) is 6.06. The summed E-state index contributed by atoms with van der Waals surface area (Å²) in [5.41, 5.74) is 0.304. The zero-order valence-corrected chi connectivity index (χ0v) is 17.3. The van der Waals surface area contributed by atoms with Crippen LogP contribution >= 0.6 is 11.6 Å². The number of alkyl halides is 3. The number of fused-ring (bicyclic) bond motifs is 1. The molecular formula is C24H17ClF3NO3. The summed E-state index contributed by atoms with van der Waals surface area (Å²) in [6.45, 7) is 0. The standard InChI is InChI=1S/C24H17ClF3NO3/c25-15-5-10-21(31)19(12-15)22-17(8-3-13-1-6-16(30)7-2-13)23(32)29-20-9-4-14(11-18(20)22)24(26,27)28/h1-2,4-7,9-12,30-31H,3,8H2,(H,29,32). The maximum absolute atomic E-state index is 13.4. The average Bonchev–Trinajstić information content (AvgIpc) is 2.74. The Hall–Kier alpha value is -3.45. The third-order valence-electron chi connectivity index (χ3n) is 5.27. The lowest BCUT2D eigenvalue weighted by Crippen LogP contribution is -2.16. The number of benzene rings is 3. The molecule has 1 aromatic heterocycles. The molecule has 0 unspecified atom stereocenters. The Labute approximate surface area is 185 Å². The first-order chi connectivity index (χ1) is 15.1. The van der Waals surface area contributed by atoms with Crippen LogP contribution in [0.25, 0.3) is 22.0 Å². The molecule has 32 heavy (non-hydrogen) atoms. The van der Waals surface area contributed by atoms with Crippen LogP contribution in [-0.4, -0.2) is 15.2 Å². The molecule has 0 fully saturated rings. The van der Waals surface area contributed by atoms with E-state index in [1.807, 2.05) is 0 Å². The SMILES string of the molecule is O=c1[nH]c2ccc(C(F)(F)F)cc2c(-c2cc(Cl)ccc2O)c1CCc1ccc(O)cc1. The van der Waals surface area contributed by atoms with E-state index in [-0.39, 0.29) is 50.5 Å². The maximum atomic E-state index is 13.4. The number of phenols is 2. The van der Waals surface area contributed by atoms with Crippen molar-refractivity contribution in [3.63, 3.8) is 0 Å². The van der Waals surface area contributed by atoms with Crippen LogP contribution < -0.4 is 5.56 Å². The lowest BCUT2D eigenvalue weighted by atomic mass is 9.91. The fourth-order valence-corrected chi connectivity index (χ4v) is 3.87. The third kappa shape index (κ3) is 4.29. The molecule has 0 aliphatic heterocycles. The largest absolute Gasteiger partial charge is 0.508 e.